The Morgan fingerprint density at radius 1 is 1.17 bits per heavy atom. The Labute approximate surface area is 74.0 Å². The smallest absolute Gasteiger partial charge is 0.296 e. The molecular formula is C8H18N2O2. The van der Waals surface area contributed by atoms with Crippen molar-refractivity contribution in [1.82, 2.24) is 9.80 Å². The zero-order valence-electron chi connectivity index (χ0n) is 8.33. The first-order valence-corrected chi connectivity index (χ1v) is 4.20. The van der Waals surface area contributed by atoms with E-state index in [0.717, 1.165) is 13.1 Å². The second-order valence-electron chi connectivity index (χ2n) is 3.19. The van der Waals surface area contributed by atoms with Gasteiger partial charge in [-0.05, 0) is 20.5 Å². The average molecular weight is 174 g/mol. The molecule has 4 heteroatoms. The first-order chi connectivity index (χ1) is 5.67. The minimum atomic E-state index is -0.655. The van der Waals surface area contributed by atoms with E-state index in [4.69, 9.17) is 9.47 Å². The third-order valence-electron chi connectivity index (χ3n) is 2.35. The number of hydrogen-bond acceptors (Lipinski definition) is 4. The van der Waals surface area contributed by atoms with Crippen LogP contribution in [0.4, 0.5) is 0 Å². The molecule has 1 rings (SSSR count). The molecule has 0 N–H and O–H groups in total. The van der Waals surface area contributed by atoms with Crippen molar-refractivity contribution < 1.29 is 9.47 Å². The number of nitrogens with zero attached hydrogens (tertiary/aromatic N) is 2. The first kappa shape index (κ1) is 9.92. The minimum absolute atomic E-state index is 0.655. The molecular weight excluding hydrogens is 156 g/mol. The molecule has 0 radical (unpaired) electrons. The predicted molar refractivity (Wildman–Crippen MR) is 46.6 cm³/mol. The van der Waals surface area contributed by atoms with Gasteiger partial charge in [0.15, 0.2) is 0 Å². The molecule has 0 aromatic heterocycles. The van der Waals surface area contributed by atoms with E-state index < -0.39 is 6.03 Å². The Bertz CT molecular complexity index is 142. The molecule has 0 spiro atoms. The third kappa shape index (κ3) is 1.35. The molecule has 0 unspecified atom stereocenters. The number of hydrogen-bond donors (Lipinski definition) is 0. The summed E-state index contributed by atoms with van der Waals surface area (Å²) >= 11 is 0. The Hall–Kier alpha value is -0.160. The van der Waals surface area contributed by atoms with Crippen LogP contribution in [0.15, 0.2) is 0 Å². The minimum Gasteiger partial charge on any atom is -0.328 e. The standard InChI is InChI=1S/C8H18N2O2/c1-9(2)8(11-3,12-4)10-6-5-7-10/h5-7H2,1-4H3. The zero-order chi connectivity index (χ0) is 9.19. The summed E-state index contributed by atoms with van der Waals surface area (Å²) in [6.07, 6.45) is 1.22. The van der Waals surface area contributed by atoms with Gasteiger partial charge in [0.2, 0.25) is 0 Å². The third-order valence-corrected chi connectivity index (χ3v) is 2.35. The number of ether oxygens (including phenoxy) is 2. The van der Waals surface area contributed by atoms with Gasteiger partial charge in [0.25, 0.3) is 6.03 Å². The van der Waals surface area contributed by atoms with E-state index >= 15 is 0 Å². The molecule has 1 aliphatic rings. The lowest BCUT2D eigenvalue weighted by Gasteiger charge is -2.48. The lowest BCUT2D eigenvalue weighted by molar-refractivity contribution is -0.374. The van der Waals surface area contributed by atoms with Crippen LogP contribution in [0, 0.1) is 0 Å². The molecule has 0 bridgehead atoms. The van der Waals surface area contributed by atoms with Crippen LogP contribution in [-0.4, -0.2) is 57.2 Å². The Morgan fingerprint density at radius 2 is 1.67 bits per heavy atom. The molecule has 0 aliphatic carbocycles. The van der Waals surface area contributed by atoms with Crippen LogP contribution in [-0.2, 0) is 9.47 Å². The van der Waals surface area contributed by atoms with Crippen LogP contribution in [0.3, 0.4) is 0 Å². The van der Waals surface area contributed by atoms with Crippen molar-refractivity contribution in [2.24, 2.45) is 0 Å². The summed E-state index contributed by atoms with van der Waals surface area (Å²) in [5.74, 6) is 0. The van der Waals surface area contributed by atoms with Crippen LogP contribution in [0.25, 0.3) is 0 Å². The summed E-state index contributed by atoms with van der Waals surface area (Å²) in [6, 6.07) is -0.655. The van der Waals surface area contributed by atoms with Crippen molar-refractivity contribution in [2.45, 2.75) is 12.5 Å². The first-order valence-electron chi connectivity index (χ1n) is 4.20. The van der Waals surface area contributed by atoms with Gasteiger partial charge in [-0.15, -0.1) is 0 Å². The molecule has 1 saturated heterocycles. The molecule has 72 valence electrons. The monoisotopic (exact) mass is 174 g/mol. The van der Waals surface area contributed by atoms with Gasteiger partial charge in [0, 0.05) is 27.3 Å². The quantitative estimate of drug-likeness (QED) is 0.567. The maximum Gasteiger partial charge on any atom is 0.296 e. The number of likely N-dealkylation sites (tertiary alicyclic amines) is 1. The molecule has 0 atom stereocenters. The molecule has 0 saturated carbocycles. The lowest BCUT2D eigenvalue weighted by atomic mass is 10.2. The van der Waals surface area contributed by atoms with E-state index in [1.807, 2.05) is 19.0 Å². The number of methoxy groups -OCH3 is 2. The van der Waals surface area contributed by atoms with Gasteiger partial charge >= 0.3 is 0 Å². The highest BCUT2D eigenvalue weighted by Gasteiger charge is 2.42. The molecule has 1 fully saturated rings. The van der Waals surface area contributed by atoms with Crippen LogP contribution < -0.4 is 0 Å². The molecule has 0 aromatic carbocycles. The van der Waals surface area contributed by atoms with Crippen LogP contribution in [0.5, 0.6) is 0 Å². The average Bonchev–Trinajstić information content (AvgIpc) is 1.95. The topological polar surface area (TPSA) is 24.9 Å². The fourth-order valence-electron chi connectivity index (χ4n) is 1.59. The zero-order valence-corrected chi connectivity index (χ0v) is 8.33. The van der Waals surface area contributed by atoms with Gasteiger partial charge in [-0.1, -0.05) is 0 Å². The molecule has 1 heterocycles. The van der Waals surface area contributed by atoms with Crippen LogP contribution in [0.2, 0.25) is 0 Å². The highest BCUT2D eigenvalue weighted by molar-refractivity contribution is 4.77. The van der Waals surface area contributed by atoms with E-state index in [9.17, 15) is 0 Å². The van der Waals surface area contributed by atoms with Crippen molar-refractivity contribution in [1.29, 1.82) is 0 Å². The molecule has 12 heavy (non-hydrogen) atoms. The maximum atomic E-state index is 5.38. The Morgan fingerprint density at radius 3 is 1.75 bits per heavy atom. The summed E-state index contributed by atoms with van der Waals surface area (Å²) in [7, 11) is 7.24. The van der Waals surface area contributed by atoms with Crippen molar-refractivity contribution in [3.63, 3.8) is 0 Å². The van der Waals surface area contributed by atoms with Gasteiger partial charge in [0.1, 0.15) is 0 Å². The summed E-state index contributed by atoms with van der Waals surface area (Å²) in [5, 5.41) is 0. The SMILES string of the molecule is COC(OC)(N(C)C)N1CCC1. The van der Waals surface area contributed by atoms with Gasteiger partial charge in [0.05, 0.1) is 0 Å². The number of rotatable bonds is 4. The second-order valence-corrected chi connectivity index (χ2v) is 3.19. The van der Waals surface area contributed by atoms with Gasteiger partial charge in [-0.3, -0.25) is 0 Å². The Kier molecular flexibility index (Phi) is 3.06. The van der Waals surface area contributed by atoms with Crippen molar-refractivity contribution in [2.75, 3.05) is 41.4 Å². The van der Waals surface area contributed by atoms with Crippen LogP contribution in [0.1, 0.15) is 6.42 Å². The fourth-order valence-corrected chi connectivity index (χ4v) is 1.59. The van der Waals surface area contributed by atoms with Gasteiger partial charge < -0.3 is 9.47 Å². The van der Waals surface area contributed by atoms with Crippen LogP contribution >= 0.6 is 0 Å². The summed E-state index contributed by atoms with van der Waals surface area (Å²) in [5.41, 5.74) is 0. The molecule has 4 nitrogen and oxygen atoms in total. The van der Waals surface area contributed by atoms with E-state index in [1.165, 1.54) is 6.42 Å². The lowest BCUT2D eigenvalue weighted by Crippen LogP contribution is -2.64. The summed E-state index contributed by atoms with van der Waals surface area (Å²) < 4.78 is 10.8. The highest BCUT2D eigenvalue weighted by Crippen LogP contribution is 2.25. The molecule has 0 amide bonds. The summed E-state index contributed by atoms with van der Waals surface area (Å²) in [4.78, 5) is 4.10. The van der Waals surface area contributed by atoms with E-state index in [1.54, 1.807) is 14.2 Å². The highest BCUT2D eigenvalue weighted by atomic mass is 16.7. The van der Waals surface area contributed by atoms with E-state index in [0.29, 0.717) is 0 Å². The second kappa shape index (κ2) is 3.70. The van der Waals surface area contributed by atoms with Gasteiger partial charge in [-0.25, -0.2) is 9.80 Å². The molecule has 0 aromatic rings. The predicted octanol–water partition coefficient (Wildman–Crippen LogP) is 0.158. The van der Waals surface area contributed by atoms with Crippen molar-refractivity contribution >= 4 is 0 Å². The van der Waals surface area contributed by atoms with Gasteiger partial charge in [-0.2, -0.15) is 0 Å². The maximum absolute atomic E-state index is 5.38. The Balaban J connectivity index is 2.67. The summed E-state index contributed by atoms with van der Waals surface area (Å²) in [6.45, 7) is 2.08. The largest absolute Gasteiger partial charge is 0.328 e. The van der Waals surface area contributed by atoms with E-state index in [-0.39, 0.29) is 0 Å². The normalized spacial score (nSPS) is 19.8. The van der Waals surface area contributed by atoms with Crippen molar-refractivity contribution in [3.05, 3.63) is 0 Å². The van der Waals surface area contributed by atoms with E-state index in [2.05, 4.69) is 4.90 Å². The molecule has 1 aliphatic heterocycles. The fraction of sp³-hybridized carbons (Fsp3) is 1.00. The van der Waals surface area contributed by atoms with Crippen molar-refractivity contribution in [3.8, 4) is 0 Å².